The van der Waals surface area contributed by atoms with Crippen molar-refractivity contribution in [3.8, 4) is 0 Å². The van der Waals surface area contributed by atoms with Gasteiger partial charge in [-0.25, -0.2) is 0 Å². The highest BCUT2D eigenvalue weighted by molar-refractivity contribution is 7.87. The van der Waals surface area contributed by atoms with E-state index in [1.54, 1.807) is 0 Å². The predicted octanol–water partition coefficient (Wildman–Crippen LogP) is 0.816. The third-order valence-electron chi connectivity index (χ3n) is 3.69. The number of hydrogen-bond donors (Lipinski definition) is 2. The Morgan fingerprint density at radius 1 is 1.17 bits per heavy atom. The van der Waals surface area contributed by atoms with Crippen LogP contribution in [0.1, 0.15) is 34.1 Å². The van der Waals surface area contributed by atoms with E-state index in [2.05, 4.69) is 4.72 Å². The summed E-state index contributed by atoms with van der Waals surface area (Å²) in [6, 6.07) is -0.222. The van der Waals surface area contributed by atoms with Crippen LogP contribution in [0.15, 0.2) is 0 Å². The average molecular weight is 278 g/mol. The highest BCUT2D eigenvalue weighted by atomic mass is 32.2. The standard InChI is InChI=1S/C12H26N2O3S/c1-9(2)11(8-15)12(10(3)4)13-18(16,17)14-6-5-7-14/h9-13,15H,5-8H2,1-4H3. The normalized spacial score (nSPS) is 21.1. The second-order valence-corrected chi connectivity index (χ2v) is 7.44. The number of nitrogens with zero attached hydrogens (tertiary/aromatic N) is 1. The van der Waals surface area contributed by atoms with E-state index in [9.17, 15) is 13.5 Å². The van der Waals surface area contributed by atoms with Crippen molar-refractivity contribution in [2.45, 2.75) is 40.2 Å². The predicted molar refractivity (Wildman–Crippen MR) is 72.3 cm³/mol. The van der Waals surface area contributed by atoms with E-state index in [1.165, 1.54) is 4.31 Å². The monoisotopic (exact) mass is 278 g/mol. The van der Waals surface area contributed by atoms with Crippen LogP contribution in [0.5, 0.6) is 0 Å². The van der Waals surface area contributed by atoms with Crippen molar-refractivity contribution in [2.24, 2.45) is 17.8 Å². The minimum absolute atomic E-state index is 0.00301. The fraction of sp³-hybridized carbons (Fsp3) is 1.00. The summed E-state index contributed by atoms with van der Waals surface area (Å²) in [7, 11) is -3.38. The molecule has 1 aliphatic heterocycles. The first kappa shape index (κ1) is 15.9. The Kier molecular flexibility index (Phi) is 5.58. The van der Waals surface area contributed by atoms with Gasteiger partial charge in [0.25, 0.3) is 10.2 Å². The van der Waals surface area contributed by atoms with E-state index in [1.807, 2.05) is 27.7 Å². The Morgan fingerprint density at radius 2 is 1.72 bits per heavy atom. The molecule has 1 fully saturated rings. The molecule has 1 rings (SSSR count). The lowest BCUT2D eigenvalue weighted by atomic mass is 9.84. The molecular weight excluding hydrogens is 252 g/mol. The number of rotatable bonds is 7. The van der Waals surface area contributed by atoms with Gasteiger partial charge in [-0.05, 0) is 18.3 Å². The first-order chi connectivity index (χ1) is 8.29. The average Bonchev–Trinajstić information content (AvgIpc) is 2.12. The van der Waals surface area contributed by atoms with Gasteiger partial charge < -0.3 is 5.11 Å². The van der Waals surface area contributed by atoms with E-state index >= 15 is 0 Å². The zero-order chi connectivity index (χ0) is 13.9. The van der Waals surface area contributed by atoms with Crippen LogP contribution in [0.3, 0.4) is 0 Å². The van der Waals surface area contributed by atoms with Crippen molar-refractivity contribution in [3.05, 3.63) is 0 Å². The lowest BCUT2D eigenvalue weighted by Gasteiger charge is -2.36. The van der Waals surface area contributed by atoms with Gasteiger partial charge in [-0.2, -0.15) is 17.4 Å². The van der Waals surface area contributed by atoms with Crippen LogP contribution in [-0.2, 0) is 10.2 Å². The molecule has 108 valence electrons. The number of aliphatic hydroxyl groups excluding tert-OH is 1. The van der Waals surface area contributed by atoms with Gasteiger partial charge >= 0.3 is 0 Å². The minimum Gasteiger partial charge on any atom is -0.396 e. The molecule has 2 atom stereocenters. The SMILES string of the molecule is CC(C)C(CO)C(NS(=O)(=O)N1CCC1)C(C)C. The highest BCUT2D eigenvalue weighted by Gasteiger charge is 2.34. The van der Waals surface area contributed by atoms with Crippen LogP contribution < -0.4 is 4.72 Å². The minimum atomic E-state index is -3.38. The maximum atomic E-state index is 12.1. The molecular formula is C12H26N2O3S. The first-order valence-corrected chi connectivity index (χ1v) is 8.12. The van der Waals surface area contributed by atoms with E-state index in [0.29, 0.717) is 13.1 Å². The van der Waals surface area contributed by atoms with Gasteiger partial charge in [0.1, 0.15) is 0 Å². The fourth-order valence-corrected chi connectivity index (χ4v) is 3.91. The molecule has 5 nitrogen and oxygen atoms in total. The van der Waals surface area contributed by atoms with Crippen molar-refractivity contribution in [3.63, 3.8) is 0 Å². The summed E-state index contributed by atoms with van der Waals surface area (Å²) in [5, 5.41) is 9.47. The van der Waals surface area contributed by atoms with Gasteiger partial charge in [-0.1, -0.05) is 27.7 Å². The van der Waals surface area contributed by atoms with Crippen LogP contribution in [0.2, 0.25) is 0 Å². The fourth-order valence-electron chi connectivity index (χ4n) is 2.23. The Bertz CT molecular complexity index is 350. The molecule has 0 amide bonds. The van der Waals surface area contributed by atoms with Crippen molar-refractivity contribution in [1.29, 1.82) is 0 Å². The Hall–Kier alpha value is -0.170. The second kappa shape index (κ2) is 6.32. The van der Waals surface area contributed by atoms with Crippen LogP contribution in [-0.4, -0.2) is 43.6 Å². The summed E-state index contributed by atoms with van der Waals surface area (Å²) in [5.74, 6) is 0.336. The molecule has 2 unspecified atom stereocenters. The Labute approximate surface area is 111 Å². The van der Waals surface area contributed by atoms with Crippen LogP contribution in [0.4, 0.5) is 0 Å². The van der Waals surface area contributed by atoms with Crippen LogP contribution >= 0.6 is 0 Å². The van der Waals surface area contributed by atoms with Crippen molar-refractivity contribution in [2.75, 3.05) is 19.7 Å². The molecule has 0 spiro atoms. The maximum Gasteiger partial charge on any atom is 0.279 e. The molecule has 0 radical (unpaired) electrons. The largest absolute Gasteiger partial charge is 0.396 e. The molecule has 18 heavy (non-hydrogen) atoms. The van der Waals surface area contributed by atoms with Gasteiger partial charge in [0, 0.05) is 31.7 Å². The lowest BCUT2D eigenvalue weighted by molar-refractivity contribution is 0.138. The molecule has 0 aromatic rings. The Balaban J connectivity index is 2.79. The molecule has 0 aromatic heterocycles. The molecule has 1 heterocycles. The number of hydrogen-bond acceptors (Lipinski definition) is 3. The zero-order valence-corrected chi connectivity index (χ0v) is 12.6. The lowest BCUT2D eigenvalue weighted by Crippen LogP contribution is -2.55. The van der Waals surface area contributed by atoms with E-state index in [0.717, 1.165) is 6.42 Å². The smallest absolute Gasteiger partial charge is 0.279 e. The van der Waals surface area contributed by atoms with Gasteiger partial charge in [0.05, 0.1) is 0 Å². The first-order valence-electron chi connectivity index (χ1n) is 6.68. The molecule has 2 N–H and O–H groups in total. The van der Waals surface area contributed by atoms with Crippen molar-refractivity contribution < 1.29 is 13.5 Å². The number of nitrogens with one attached hydrogen (secondary N) is 1. The van der Waals surface area contributed by atoms with Gasteiger partial charge in [0.15, 0.2) is 0 Å². The molecule has 0 aromatic carbocycles. The quantitative estimate of drug-likeness (QED) is 0.724. The summed E-state index contributed by atoms with van der Waals surface area (Å²) in [6.45, 7) is 9.19. The van der Waals surface area contributed by atoms with Crippen LogP contribution in [0.25, 0.3) is 0 Å². The summed E-state index contributed by atoms with van der Waals surface area (Å²) >= 11 is 0. The molecule has 0 saturated carbocycles. The summed E-state index contributed by atoms with van der Waals surface area (Å²) in [5.41, 5.74) is 0. The summed E-state index contributed by atoms with van der Waals surface area (Å²) in [6.07, 6.45) is 0.931. The van der Waals surface area contributed by atoms with E-state index in [-0.39, 0.29) is 30.4 Å². The van der Waals surface area contributed by atoms with Gasteiger partial charge in [0.2, 0.25) is 0 Å². The summed E-state index contributed by atoms with van der Waals surface area (Å²) in [4.78, 5) is 0. The molecule has 1 aliphatic rings. The zero-order valence-electron chi connectivity index (χ0n) is 11.8. The highest BCUT2D eigenvalue weighted by Crippen LogP contribution is 2.23. The Morgan fingerprint density at radius 3 is 2.00 bits per heavy atom. The van der Waals surface area contributed by atoms with Gasteiger partial charge in [-0.3, -0.25) is 0 Å². The van der Waals surface area contributed by atoms with Crippen molar-refractivity contribution in [1.82, 2.24) is 9.03 Å². The third-order valence-corrected chi connectivity index (χ3v) is 5.30. The van der Waals surface area contributed by atoms with Crippen molar-refractivity contribution >= 4 is 10.2 Å². The van der Waals surface area contributed by atoms with E-state index < -0.39 is 10.2 Å². The third kappa shape index (κ3) is 3.66. The molecule has 0 bridgehead atoms. The summed E-state index contributed by atoms with van der Waals surface area (Å²) < 4.78 is 28.4. The second-order valence-electron chi connectivity index (χ2n) is 5.74. The molecule has 6 heteroatoms. The van der Waals surface area contributed by atoms with Crippen LogP contribution in [0, 0.1) is 17.8 Å². The topological polar surface area (TPSA) is 69.6 Å². The van der Waals surface area contributed by atoms with E-state index in [4.69, 9.17) is 0 Å². The number of aliphatic hydroxyl groups is 1. The molecule has 0 aliphatic carbocycles. The van der Waals surface area contributed by atoms with Gasteiger partial charge in [-0.15, -0.1) is 0 Å². The molecule has 1 saturated heterocycles. The maximum absolute atomic E-state index is 12.1.